The molecule has 0 aliphatic rings. The second-order valence-electron chi connectivity index (χ2n) is 7.72. The molecular weight excluding hydrogens is 404 g/mol. The van der Waals surface area contributed by atoms with Gasteiger partial charge in [-0.05, 0) is 47.9 Å². The van der Waals surface area contributed by atoms with Crippen LogP contribution in [0.25, 0.3) is 0 Å². The lowest BCUT2D eigenvalue weighted by atomic mass is 10.0. The number of benzene rings is 3. The van der Waals surface area contributed by atoms with Gasteiger partial charge in [0.1, 0.15) is 11.8 Å². The largest absolute Gasteiger partial charge is 0.493 e. The monoisotopic (exact) mass is 432 g/mol. The quantitative estimate of drug-likeness (QED) is 0.509. The molecule has 0 bridgehead atoms. The normalized spacial score (nSPS) is 11.5. The average molecular weight is 433 g/mol. The molecule has 6 heteroatoms. The summed E-state index contributed by atoms with van der Waals surface area (Å²) >= 11 is 0. The first-order chi connectivity index (χ1) is 15.5. The van der Waals surface area contributed by atoms with Crippen LogP contribution in [0.4, 0.5) is 5.69 Å². The van der Waals surface area contributed by atoms with Crippen LogP contribution in [0.3, 0.4) is 0 Å². The molecule has 3 aromatic carbocycles. The fourth-order valence-corrected chi connectivity index (χ4v) is 3.20. The number of carbonyl (C=O) groups is 2. The van der Waals surface area contributed by atoms with Crippen LogP contribution >= 0.6 is 0 Å². The van der Waals surface area contributed by atoms with E-state index < -0.39 is 6.04 Å². The topological polar surface area (TPSA) is 76.7 Å². The Hall–Kier alpha value is -3.80. The first-order valence-corrected chi connectivity index (χ1v) is 10.5. The minimum absolute atomic E-state index is 0.0668. The molecule has 0 heterocycles. The molecule has 3 aromatic rings. The van der Waals surface area contributed by atoms with E-state index in [-0.39, 0.29) is 24.2 Å². The Labute approximate surface area is 188 Å². The first kappa shape index (κ1) is 22.9. The second kappa shape index (κ2) is 11.0. The molecule has 0 saturated carbocycles. The fourth-order valence-electron chi connectivity index (χ4n) is 3.20. The molecule has 0 radical (unpaired) electrons. The first-order valence-electron chi connectivity index (χ1n) is 10.5. The SMILES string of the molecule is COc1ccccc1Oc1ccc(NC(=O)[C@H](NC(=O)Cc2ccccc2)C(C)C)cc1. The number of anilines is 1. The number of methoxy groups -OCH3 is 1. The van der Waals surface area contributed by atoms with Crippen LogP contribution in [0.1, 0.15) is 19.4 Å². The van der Waals surface area contributed by atoms with Crippen LogP contribution < -0.4 is 20.1 Å². The van der Waals surface area contributed by atoms with Gasteiger partial charge in [0.25, 0.3) is 0 Å². The van der Waals surface area contributed by atoms with Crippen molar-refractivity contribution in [3.8, 4) is 17.2 Å². The Morgan fingerprint density at radius 3 is 2.09 bits per heavy atom. The summed E-state index contributed by atoms with van der Waals surface area (Å²) in [5, 5.41) is 5.72. The molecule has 166 valence electrons. The van der Waals surface area contributed by atoms with Crippen LogP contribution in [0, 0.1) is 5.92 Å². The van der Waals surface area contributed by atoms with Crippen molar-refractivity contribution in [2.24, 2.45) is 5.92 Å². The maximum atomic E-state index is 12.8. The standard InChI is InChI=1S/C26H28N2O4/c1-18(2)25(28-24(29)17-19-9-5-4-6-10-19)26(30)27-20-13-15-21(16-14-20)32-23-12-8-7-11-22(23)31-3/h4-16,18,25H,17H2,1-3H3,(H,27,30)(H,28,29)/t25-/m1/s1. The summed E-state index contributed by atoms with van der Waals surface area (Å²) in [6.07, 6.45) is 0.228. The molecule has 3 rings (SSSR count). The zero-order valence-corrected chi connectivity index (χ0v) is 18.5. The molecule has 0 aromatic heterocycles. The van der Waals surface area contributed by atoms with Crippen molar-refractivity contribution in [1.29, 1.82) is 0 Å². The van der Waals surface area contributed by atoms with Gasteiger partial charge in [-0.15, -0.1) is 0 Å². The Kier molecular flexibility index (Phi) is 7.86. The Morgan fingerprint density at radius 2 is 1.47 bits per heavy atom. The van der Waals surface area contributed by atoms with Crippen molar-refractivity contribution in [2.75, 3.05) is 12.4 Å². The van der Waals surface area contributed by atoms with Gasteiger partial charge in [0.15, 0.2) is 11.5 Å². The summed E-state index contributed by atoms with van der Waals surface area (Å²) in [5.74, 6) is 1.33. The molecule has 0 fully saturated rings. The molecule has 0 saturated heterocycles. The zero-order chi connectivity index (χ0) is 22.9. The fraction of sp³-hybridized carbons (Fsp3) is 0.231. The summed E-state index contributed by atoms with van der Waals surface area (Å²) in [6.45, 7) is 3.80. The predicted octanol–water partition coefficient (Wildman–Crippen LogP) is 4.81. The van der Waals surface area contributed by atoms with Gasteiger partial charge in [0.2, 0.25) is 11.8 Å². The Morgan fingerprint density at radius 1 is 0.844 bits per heavy atom. The minimum Gasteiger partial charge on any atom is -0.493 e. The van der Waals surface area contributed by atoms with E-state index in [1.54, 1.807) is 31.4 Å². The summed E-state index contributed by atoms with van der Waals surface area (Å²) in [5.41, 5.74) is 1.52. The van der Waals surface area contributed by atoms with Crippen LogP contribution in [0.5, 0.6) is 17.2 Å². The summed E-state index contributed by atoms with van der Waals surface area (Å²) in [6, 6.07) is 23.2. The molecule has 1 atom stereocenters. The number of para-hydroxylation sites is 2. The number of hydrogen-bond acceptors (Lipinski definition) is 4. The van der Waals surface area contributed by atoms with Crippen molar-refractivity contribution >= 4 is 17.5 Å². The lowest BCUT2D eigenvalue weighted by Gasteiger charge is -2.22. The van der Waals surface area contributed by atoms with Crippen LogP contribution in [0.2, 0.25) is 0 Å². The molecule has 0 aliphatic carbocycles. The van der Waals surface area contributed by atoms with Crippen molar-refractivity contribution in [3.63, 3.8) is 0 Å². The van der Waals surface area contributed by atoms with E-state index in [2.05, 4.69) is 10.6 Å². The van der Waals surface area contributed by atoms with Gasteiger partial charge in [0, 0.05) is 5.69 Å². The van der Waals surface area contributed by atoms with Crippen LogP contribution in [0.15, 0.2) is 78.9 Å². The Balaban J connectivity index is 1.60. The minimum atomic E-state index is -0.643. The zero-order valence-electron chi connectivity index (χ0n) is 18.5. The summed E-state index contributed by atoms with van der Waals surface area (Å²) < 4.78 is 11.2. The van der Waals surface area contributed by atoms with E-state index in [0.717, 1.165) is 5.56 Å². The lowest BCUT2D eigenvalue weighted by molar-refractivity contribution is -0.127. The highest BCUT2D eigenvalue weighted by Crippen LogP contribution is 2.31. The number of amides is 2. The van der Waals surface area contributed by atoms with Crippen molar-refractivity contribution in [3.05, 3.63) is 84.4 Å². The number of carbonyl (C=O) groups excluding carboxylic acids is 2. The molecule has 0 spiro atoms. The van der Waals surface area contributed by atoms with E-state index in [0.29, 0.717) is 22.9 Å². The van der Waals surface area contributed by atoms with Gasteiger partial charge >= 0.3 is 0 Å². The van der Waals surface area contributed by atoms with Gasteiger partial charge < -0.3 is 20.1 Å². The lowest BCUT2D eigenvalue weighted by Crippen LogP contribution is -2.47. The van der Waals surface area contributed by atoms with Crippen LogP contribution in [-0.2, 0) is 16.0 Å². The highest BCUT2D eigenvalue weighted by Gasteiger charge is 2.24. The van der Waals surface area contributed by atoms with Crippen molar-refractivity contribution in [2.45, 2.75) is 26.3 Å². The number of rotatable bonds is 9. The van der Waals surface area contributed by atoms with E-state index in [4.69, 9.17) is 9.47 Å². The van der Waals surface area contributed by atoms with E-state index in [1.165, 1.54) is 0 Å². The van der Waals surface area contributed by atoms with Crippen molar-refractivity contribution < 1.29 is 19.1 Å². The molecule has 2 amide bonds. The molecule has 0 aliphatic heterocycles. The third-order valence-electron chi connectivity index (χ3n) is 4.89. The highest BCUT2D eigenvalue weighted by molar-refractivity contribution is 5.97. The third-order valence-corrected chi connectivity index (χ3v) is 4.89. The Bertz CT molecular complexity index is 1030. The number of ether oxygens (including phenoxy) is 2. The van der Waals surface area contributed by atoms with Gasteiger partial charge in [-0.1, -0.05) is 56.3 Å². The van der Waals surface area contributed by atoms with Gasteiger partial charge in [-0.25, -0.2) is 0 Å². The molecular formula is C26H28N2O4. The van der Waals surface area contributed by atoms with Gasteiger partial charge in [-0.2, -0.15) is 0 Å². The van der Waals surface area contributed by atoms with Gasteiger partial charge in [-0.3, -0.25) is 9.59 Å². The maximum absolute atomic E-state index is 12.8. The molecule has 2 N–H and O–H groups in total. The molecule has 6 nitrogen and oxygen atoms in total. The second-order valence-corrected chi connectivity index (χ2v) is 7.72. The smallest absolute Gasteiger partial charge is 0.247 e. The molecule has 0 unspecified atom stereocenters. The van der Waals surface area contributed by atoms with E-state index in [9.17, 15) is 9.59 Å². The number of nitrogens with one attached hydrogen (secondary N) is 2. The molecule has 32 heavy (non-hydrogen) atoms. The summed E-state index contributed by atoms with van der Waals surface area (Å²) in [4.78, 5) is 25.3. The third kappa shape index (κ3) is 6.35. The van der Waals surface area contributed by atoms with E-state index >= 15 is 0 Å². The highest BCUT2D eigenvalue weighted by atomic mass is 16.5. The van der Waals surface area contributed by atoms with Gasteiger partial charge in [0.05, 0.1) is 13.5 Å². The van der Waals surface area contributed by atoms with Crippen molar-refractivity contribution in [1.82, 2.24) is 5.32 Å². The number of hydrogen-bond donors (Lipinski definition) is 2. The predicted molar refractivity (Wildman–Crippen MR) is 125 cm³/mol. The van der Waals surface area contributed by atoms with Crippen LogP contribution in [-0.4, -0.2) is 25.0 Å². The summed E-state index contributed by atoms with van der Waals surface area (Å²) in [7, 11) is 1.59. The average Bonchev–Trinajstić information content (AvgIpc) is 2.79. The maximum Gasteiger partial charge on any atom is 0.247 e. The van der Waals surface area contributed by atoms with E-state index in [1.807, 2.05) is 68.4 Å².